The Kier molecular flexibility index (Phi) is 7.54. The van der Waals surface area contributed by atoms with E-state index in [1.807, 2.05) is 12.4 Å². The number of nitrogens with one attached hydrogen (secondary N) is 1. The van der Waals surface area contributed by atoms with E-state index in [4.69, 9.17) is 4.74 Å². The lowest BCUT2D eigenvalue weighted by molar-refractivity contribution is 0.161. The van der Waals surface area contributed by atoms with E-state index >= 15 is 0 Å². The summed E-state index contributed by atoms with van der Waals surface area (Å²) in [6.45, 7) is 4.88. The van der Waals surface area contributed by atoms with Gasteiger partial charge in [0.2, 0.25) is 0 Å². The number of methoxy groups -OCH3 is 1. The van der Waals surface area contributed by atoms with Gasteiger partial charge in [-0.3, -0.25) is 4.98 Å². The van der Waals surface area contributed by atoms with Crippen LogP contribution in [0.2, 0.25) is 0 Å². The molecule has 0 aliphatic heterocycles. The molecule has 0 spiro atoms. The summed E-state index contributed by atoms with van der Waals surface area (Å²) in [5.74, 6) is 0. The molecule has 0 radical (unpaired) electrons. The molecule has 0 aliphatic rings. The maximum atomic E-state index is 5.03. The minimum Gasteiger partial charge on any atom is -0.383 e. The molecule has 1 aromatic rings. The van der Waals surface area contributed by atoms with E-state index in [-0.39, 0.29) is 0 Å². The number of hydrogen-bond acceptors (Lipinski definition) is 4. The van der Waals surface area contributed by atoms with Crippen LogP contribution in [0.4, 0.5) is 0 Å². The maximum Gasteiger partial charge on any atom is 0.0589 e. The predicted octanol–water partition coefficient (Wildman–Crippen LogP) is 0.792. The van der Waals surface area contributed by atoms with Crippen LogP contribution in [0.1, 0.15) is 5.56 Å². The van der Waals surface area contributed by atoms with Crippen molar-refractivity contribution in [2.24, 2.45) is 0 Å². The lowest BCUT2D eigenvalue weighted by Gasteiger charge is -2.16. The van der Waals surface area contributed by atoms with Gasteiger partial charge in [-0.05, 0) is 37.7 Å². The molecule has 1 N–H and O–H groups in total. The van der Waals surface area contributed by atoms with Crippen molar-refractivity contribution in [3.63, 3.8) is 0 Å². The molecule has 17 heavy (non-hydrogen) atoms. The summed E-state index contributed by atoms with van der Waals surface area (Å²) in [5, 5.41) is 3.44. The molecule has 0 saturated heterocycles. The van der Waals surface area contributed by atoms with Crippen molar-refractivity contribution in [2.75, 3.05) is 46.9 Å². The van der Waals surface area contributed by atoms with Crippen LogP contribution in [0, 0.1) is 0 Å². The standard InChI is InChI=1S/C13H23N3O/c1-16(11-12-17-2)10-9-15-8-5-13-3-6-14-7-4-13/h3-4,6-7,15H,5,8-12H2,1-2H3. The van der Waals surface area contributed by atoms with Crippen LogP contribution in [0.25, 0.3) is 0 Å². The zero-order valence-electron chi connectivity index (χ0n) is 10.9. The van der Waals surface area contributed by atoms with Gasteiger partial charge < -0.3 is 15.0 Å². The third kappa shape index (κ3) is 7.05. The molecule has 0 fully saturated rings. The van der Waals surface area contributed by atoms with Crippen molar-refractivity contribution in [1.82, 2.24) is 15.2 Å². The van der Waals surface area contributed by atoms with E-state index in [9.17, 15) is 0 Å². The molecule has 1 heterocycles. The van der Waals surface area contributed by atoms with Crippen molar-refractivity contribution in [3.05, 3.63) is 30.1 Å². The van der Waals surface area contributed by atoms with Gasteiger partial charge in [-0.1, -0.05) is 0 Å². The fourth-order valence-corrected chi connectivity index (χ4v) is 1.54. The molecule has 4 nitrogen and oxygen atoms in total. The van der Waals surface area contributed by atoms with Gasteiger partial charge in [0, 0.05) is 39.1 Å². The largest absolute Gasteiger partial charge is 0.383 e. The second-order valence-electron chi connectivity index (χ2n) is 4.15. The first-order chi connectivity index (χ1) is 8.33. The molecule has 0 atom stereocenters. The monoisotopic (exact) mass is 237 g/mol. The molecule has 0 amide bonds. The van der Waals surface area contributed by atoms with Crippen LogP contribution in [-0.2, 0) is 11.2 Å². The summed E-state index contributed by atoms with van der Waals surface area (Å²) in [5.41, 5.74) is 1.33. The smallest absolute Gasteiger partial charge is 0.0589 e. The fourth-order valence-electron chi connectivity index (χ4n) is 1.54. The van der Waals surface area contributed by atoms with E-state index in [0.717, 1.165) is 39.2 Å². The Morgan fingerprint density at radius 3 is 2.71 bits per heavy atom. The Labute approximate surface area is 104 Å². The Hall–Kier alpha value is -0.970. The first-order valence-electron chi connectivity index (χ1n) is 6.10. The highest BCUT2D eigenvalue weighted by Gasteiger charge is 1.97. The van der Waals surface area contributed by atoms with Gasteiger partial charge in [-0.25, -0.2) is 0 Å². The fraction of sp³-hybridized carbons (Fsp3) is 0.615. The van der Waals surface area contributed by atoms with Crippen molar-refractivity contribution in [1.29, 1.82) is 0 Å². The van der Waals surface area contributed by atoms with Gasteiger partial charge in [-0.15, -0.1) is 0 Å². The molecule has 96 valence electrons. The normalized spacial score (nSPS) is 11.0. The lowest BCUT2D eigenvalue weighted by atomic mass is 10.2. The summed E-state index contributed by atoms with van der Waals surface area (Å²) in [7, 11) is 3.85. The minimum absolute atomic E-state index is 0.799. The van der Waals surface area contributed by atoms with Gasteiger partial charge in [0.1, 0.15) is 0 Å². The highest BCUT2D eigenvalue weighted by atomic mass is 16.5. The quantitative estimate of drug-likeness (QED) is 0.644. The zero-order valence-corrected chi connectivity index (χ0v) is 10.9. The minimum atomic E-state index is 0.799. The molecule has 0 aliphatic carbocycles. The van der Waals surface area contributed by atoms with Crippen molar-refractivity contribution >= 4 is 0 Å². The maximum absolute atomic E-state index is 5.03. The van der Waals surface area contributed by atoms with Crippen LogP contribution in [0.15, 0.2) is 24.5 Å². The van der Waals surface area contributed by atoms with Crippen LogP contribution in [0.3, 0.4) is 0 Å². The Balaban J connectivity index is 1.97. The molecule has 0 aromatic carbocycles. The Bertz CT molecular complexity index is 279. The number of rotatable bonds is 9. The number of aromatic nitrogens is 1. The Morgan fingerprint density at radius 1 is 1.24 bits per heavy atom. The van der Waals surface area contributed by atoms with Gasteiger partial charge in [0.15, 0.2) is 0 Å². The average Bonchev–Trinajstić information content (AvgIpc) is 2.37. The van der Waals surface area contributed by atoms with E-state index in [1.165, 1.54) is 5.56 Å². The number of hydrogen-bond donors (Lipinski definition) is 1. The molecule has 0 bridgehead atoms. The third-order valence-corrected chi connectivity index (χ3v) is 2.69. The molecular weight excluding hydrogens is 214 g/mol. The van der Waals surface area contributed by atoms with Gasteiger partial charge in [0.05, 0.1) is 6.61 Å². The summed E-state index contributed by atoms with van der Waals surface area (Å²) in [6.07, 6.45) is 4.74. The predicted molar refractivity (Wildman–Crippen MR) is 70.2 cm³/mol. The molecular formula is C13H23N3O. The third-order valence-electron chi connectivity index (χ3n) is 2.69. The molecule has 4 heteroatoms. The first kappa shape index (κ1) is 14.1. The highest BCUT2D eigenvalue weighted by Crippen LogP contribution is 1.95. The van der Waals surface area contributed by atoms with Crippen LogP contribution >= 0.6 is 0 Å². The van der Waals surface area contributed by atoms with Crippen LogP contribution in [0.5, 0.6) is 0 Å². The molecule has 0 saturated carbocycles. The number of ether oxygens (including phenoxy) is 1. The second-order valence-corrected chi connectivity index (χ2v) is 4.15. The van der Waals surface area contributed by atoms with Crippen LogP contribution < -0.4 is 5.32 Å². The van der Waals surface area contributed by atoms with Gasteiger partial charge in [0.25, 0.3) is 0 Å². The molecule has 0 unspecified atom stereocenters. The van der Waals surface area contributed by atoms with Crippen molar-refractivity contribution in [3.8, 4) is 0 Å². The van der Waals surface area contributed by atoms with E-state index in [0.29, 0.717) is 0 Å². The summed E-state index contributed by atoms with van der Waals surface area (Å²) < 4.78 is 5.03. The van der Waals surface area contributed by atoms with Gasteiger partial charge >= 0.3 is 0 Å². The number of likely N-dealkylation sites (N-methyl/N-ethyl adjacent to an activating group) is 1. The van der Waals surface area contributed by atoms with Crippen molar-refractivity contribution in [2.45, 2.75) is 6.42 Å². The first-order valence-corrected chi connectivity index (χ1v) is 6.10. The Morgan fingerprint density at radius 2 is 2.00 bits per heavy atom. The molecule has 1 rings (SSSR count). The highest BCUT2D eigenvalue weighted by molar-refractivity contribution is 5.09. The topological polar surface area (TPSA) is 37.4 Å². The van der Waals surface area contributed by atoms with Crippen LogP contribution in [-0.4, -0.2) is 56.8 Å². The second kappa shape index (κ2) is 9.10. The lowest BCUT2D eigenvalue weighted by Crippen LogP contribution is -2.32. The number of nitrogens with zero attached hydrogens (tertiary/aromatic N) is 2. The zero-order chi connectivity index (χ0) is 12.3. The van der Waals surface area contributed by atoms with E-state index in [2.05, 4.69) is 34.4 Å². The summed E-state index contributed by atoms with van der Waals surface area (Å²) in [6, 6.07) is 4.12. The summed E-state index contributed by atoms with van der Waals surface area (Å²) in [4.78, 5) is 6.27. The average molecular weight is 237 g/mol. The SMILES string of the molecule is COCCN(C)CCNCCc1ccncc1. The van der Waals surface area contributed by atoms with Crippen molar-refractivity contribution < 1.29 is 4.74 Å². The van der Waals surface area contributed by atoms with E-state index in [1.54, 1.807) is 7.11 Å². The number of pyridine rings is 1. The van der Waals surface area contributed by atoms with E-state index < -0.39 is 0 Å². The molecule has 1 aromatic heterocycles. The van der Waals surface area contributed by atoms with Gasteiger partial charge in [-0.2, -0.15) is 0 Å². The summed E-state index contributed by atoms with van der Waals surface area (Å²) >= 11 is 0.